The van der Waals surface area contributed by atoms with Gasteiger partial charge in [-0.25, -0.2) is 0 Å². The zero-order valence-electron chi connectivity index (χ0n) is 16.0. The lowest BCUT2D eigenvalue weighted by Crippen LogP contribution is -2.72. The zero-order valence-corrected chi connectivity index (χ0v) is 16.0. The molecule has 4 rings (SSSR count). The number of phenolic OH excluding ortho intramolecular Hbond substituents is 1. The van der Waals surface area contributed by atoms with E-state index in [1.165, 1.54) is 12.1 Å². The van der Waals surface area contributed by atoms with E-state index in [1.54, 1.807) is 0 Å². The fourth-order valence-corrected chi connectivity index (χ4v) is 5.31. The van der Waals surface area contributed by atoms with Crippen LogP contribution in [0.2, 0.25) is 0 Å². The molecule has 2 saturated carbocycles. The highest BCUT2D eigenvalue weighted by atomic mass is 16.3. The molecule has 166 valence electrons. The molecule has 1 aromatic rings. The third kappa shape index (κ3) is 2.43. The van der Waals surface area contributed by atoms with Crippen LogP contribution in [0.3, 0.4) is 0 Å². The van der Waals surface area contributed by atoms with Crippen molar-refractivity contribution >= 4 is 23.2 Å². The Morgan fingerprint density at radius 1 is 1.16 bits per heavy atom. The van der Waals surface area contributed by atoms with E-state index < -0.39 is 94.3 Å². The first-order chi connectivity index (χ1) is 14.4. The number of amides is 1. The van der Waals surface area contributed by atoms with E-state index in [2.05, 4.69) is 0 Å². The van der Waals surface area contributed by atoms with Crippen molar-refractivity contribution in [3.05, 3.63) is 34.9 Å². The number of aliphatic hydroxyl groups is 6. The molecule has 11 nitrogen and oxygen atoms in total. The van der Waals surface area contributed by atoms with E-state index >= 15 is 0 Å². The first kappa shape index (κ1) is 21.4. The number of aromatic hydroxyl groups is 1. The Morgan fingerprint density at radius 2 is 1.81 bits per heavy atom. The number of rotatable bonds is 2. The molecule has 0 saturated heterocycles. The summed E-state index contributed by atoms with van der Waals surface area (Å²) in [5, 5.41) is 74.7. The minimum absolute atomic E-state index is 0.184. The fourth-order valence-electron chi connectivity index (χ4n) is 5.31. The maximum absolute atomic E-state index is 13.4. The van der Waals surface area contributed by atoms with Crippen molar-refractivity contribution in [3.8, 4) is 5.75 Å². The average Bonchev–Trinajstić information content (AvgIpc) is 2.70. The SMILES string of the molecule is NC(=O)C1C(=O)[C@@]2(O)C(=O)C3=C(O)c4c(O)cccc4C(O)(CO)[C@H]3[C@H](O)[C@H]2CC1O. The van der Waals surface area contributed by atoms with Crippen LogP contribution >= 0.6 is 0 Å². The summed E-state index contributed by atoms with van der Waals surface area (Å²) < 4.78 is 0. The van der Waals surface area contributed by atoms with E-state index in [0.717, 1.165) is 6.07 Å². The molecule has 11 heteroatoms. The Kier molecular flexibility index (Phi) is 4.54. The van der Waals surface area contributed by atoms with Crippen molar-refractivity contribution in [3.63, 3.8) is 0 Å². The molecule has 7 atom stereocenters. The van der Waals surface area contributed by atoms with Gasteiger partial charge < -0.3 is 41.5 Å². The van der Waals surface area contributed by atoms with Crippen LogP contribution in [-0.4, -0.2) is 77.6 Å². The van der Waals surface area contributed by atoms with Gasteiger partial charge in [-0.15, -0.1) is 0 Å². The largest absolute Gasteiger partial charge is 0.507 e. The number of hydrogen-bond donors (Lipinski definition) is 8. The van der Waals surface area contributed by atoms with Gasteiger partial charge in [0, 0.05) is 11.5 Å². The third-order valence-corrected chi connectivity index (χ3v) is 6.79. The van der Waals surface area contributed by atoms with Gasteiger partial charge in [0.2, 0.25) is 11.7 Å². The number of aliphatic hydroxyl groups excluding tert-OH is 4. The molecule has 3 aliphatic rings. The highest BCUT2D eigenvalue weighted by Crippen LogP contribution is 2.56. The highest BCUT2D eigenvalue weighted by molar-refractivity contribution is 6.25. The standard InChI is InChI=1S/C20H21NO10/c21-18(29)11-9(24)4-7-14(25)13-12(17(28)20(7,31)16(11)27)15(26)10-6(19(13,30)5-22)2-1-3-8(10)23/h1-3,7,9,11,13-14,22-26,30-31H,4-5H2,(H2,21,29)/t7-,9?,11?,13-,14-,19?,20-/m1/s1. The summed E-state index contributed by atoms with van der Waals surface area (Å²) in [5.74, 6) is -10.9. The van der Waals surface area contributed by atoms with E-state index in [9.17, 15) is 50.1 Å². The van der Waals surface area contributed by atoms with Crippen molar-refractivity contribution in [2.45, 2.75) is 29.8 Å². The molecule has 0 aliphatic heterocycles. The Balaban J connectivity index is 2.01. The Hall–Kier alpha value is -2.83. The predicted molar refractivity (Wildman–Crippen MR) is 99.9 cm³/mol. The van der Waals surface area contributed by atoms with Crippen LogP contribution in [0.1, 0.15) is 17.5 Å². The minimum atomic E-state index is -3.03. The van der Waals surface area contributed by atoms with Crippen molar-refractivity contribution in [1.29, 1.82) is 0 Å². The van der Waals surface area contributed by atoms with Gasteiger partial charge in [0.05, 0.1) is 35.9 Å². The lowest BCUT2D eigenvalue weighted by Gasteiger charge is -2.54. The van der Waals surface area contributed by atoms with Crippen LogP contribution in [-0.2, 0) is 20.0 Å². The lowest BCUT2D eigenvalue weighted by atomic mass is 9.52. The number of primary amides is 1. The topological polar surface area (TPSA) is 219 Å². The second kappa shape index (κ2) is 6.58. The zero-order chi connectivity index (χ0) is 23.0. The number of ketones is 2. The second-order valence-corrected chi connectivity index (χ2v) is 8.26. The summed E-state index contributed by atoms with van der Waals surface area (Å²) in [6.45, 7) is -1.05. The van der Waals surface area contributed by atoms with Crippen LogP contribution in [0.4, 0.5) is 0 Å². The van der Waals surface area contributed by atoms with Crippen molar-refractivity contribution in [2.24, 2.45) is 23.5 Å². The van der Waals surface area contributed by atoms with Crippen molar-refractivity contribution in [1.82, 2.24) is 0 Å². The van der Waals surface area contributed by atoms with Gasteiger partial charge in [-0.1, -0.05) is 12.1 Å². The van der Waals surface area contributed by atoms with Crippen molar-refractivity contribution < 1.29 is 50.1 Å². The van der Waals surface area contributed by atoms with Crippen LogP contribution in [0.25, 0.3) is 5.76 Å². The second-order valence-electron chi connectivity index (χ2n) is 8.26. The summed E-state index contributed by atoms with van der Waals surface area (Å²) in [7, 11) is 0. The average molecular weight is 435 g/mol. The Bertz CT molecular complexity index is 1050. The highest BCUT2D eigenvalue weighted by Gasteiger charge is 2.70. The predicted octanol–water partition coefficient (Wildman–Crippen LogP) is -2.80. The molecule has 0 bridgehead atoms. The van der Waals surface area contributed by atoms with Crippen LogP contribution in [0.15, 0.2) is 23.8 Å². The van der Waals surface area contributed by atoms with Crippen LogP contribution in [0, 0.1) is 17.8 Å². The summed E-state index contributed by atoms with van der Waals surface area (Å²) in [6, 6.07) is 3.71. The molecule has 0 aromatic heterocycles. The van der Waals surface area contributed by atoms with E-state index in [4.69, 9.17) is 5.73 Å². The van der Waals surface area contributed by atoms with Gasteiger partial charge in [0.15, 0.2) is 11.4 Å². The maximum atomic E-state index is 13.4. The minimum Gasteiger partial charge on any atom is -0.507 e. The number of nitrogens with two attached hydrogens (primary N) is 1. The number of phenols is 1. The van der Waals surface area contributed by atoms with Gasteiger partial charge in [-0.05, 0) is 12.5 Å². The molecule has 0 heterocycles. The molecule has 0 radical (unpaired) electrons. The maximum Gasteiger partial charge on any atom is 0.230 e. The van der Waals surface area contributed by atoms with Crippen molar-refractivity contribution in [2.75, 3.05) is 6.61 Å². The first-order valence-electron chi connectivity index (χ1n) is 9.49. The molecular formula is C20H21NO10. The number of fused-ring (bicyclic) bond motifs is 3. The normalized spacial score (nSPS) is 39.6. The molecular weight excluding hydrogens is 414 g/mol. The summed E-state index contributed by atoms with van der Waals surface area (Å²) in [5.41, 5.74) is -1.66. The smallest absolute Gasteiger partial charge is 0.230 e. The fraction of sp³-hybridized carbons (Fsp3) is 0.450. The Labute approximate surface area is 174 Å². The Morgan fingerprint density at radius 3 is 2.39 bits per heavy atom. The molecule has 2 fully saturated rings. The monoisotopic (exact) mass is 435 g/mol. The molecule has 3 aliphatic carbocycles. The van der Waals surface area contributed by atoms with Crippen LogP contribution in [0.5, 0.6) is 5.75 Å². The van der Waals surface area contributed by atoms with Gasteiger partial charge >= 0.3 is 0 Å². The number of hydrogen-bond acceptors (Lipinski definition) is 10. The molecule has 31 heavy (non-hydrogen) atoms. The van der Waals surface area contributed by atoms with E-state index in [1.807, 2.05) is 0 Å². The molecule has 9 N–H and O–H groups in total. The molecule has 0 spiro atoms. The van der Waals surface area contributed by atoms with Gasteiger partial charge in [-0.3, -0.25) is 14.4 Å². The number of Topliss-reactive ketones (excluding diaryl/α,β-unsaturated/α-hetero) is 2. The van der Waals surface area contributed by atoms with E-state index in [-0.39, 0.29) is 5.56 Å². The number of carbonyl (C=O) groups is 3. The number of carbonyl (C=O) groups excluding carboxylic acids is 3. The van der Waals surface area contributed by atoms with Gasteiger partial charge in [0.25, 0.3) is 0 Å². The lowest BCUT2D eigenvalue weighted by molar-refractivity contribution is -0.198. The summed E-state index contributed by atoms with van der Waals surface area (Å²) >= 11 is 0. The van der Waals surface area contributed by atoms with E-state index in [0.29, 0.717) is 0 Å². The number of benzene rings is 1. The third-order valence-electron chi connectivity index (χ3n) is 6.79. The van der Waals surface area contributed by atoms with Crippen LogP contribution < -0.4 is 5.73 Å². The van der Waals surface area contributed by atoms with Gasteiger partial charge in [0.1, 0.15) is 23.0 Å². The molecule has 1 aromatic carbocycles. The molecule has 3 unspecified atom stereocenters. The summed E-state index contributed by atoms with van der Waals surface area (Å²) in [6.07, 6.45) is -4.22. The quantitative estimate of drug-likeness (QED) is 0.223. The van der Waals surface area contributed by atoms with Gasteiger partial charge in [-0.2, -0.15) is 0 Å². The molecule has 1 amide bonds. The first-order valence-corrected chi connectivity index (χ1v) is 9.49. The summed E-state index contributed by atoms with van der Waals surface area (Å²) in [4.78, 5) is 38.0.